The Balaban J connectivity index is 1.60. The fraction of sp³-hybridized carbons (Fsp3) is 0.647. The van der Waals surface area contributed by atoms with Crippen LogP contribution in [0.1, 0.15) is 44.1 Å². The number of rotatable bonds is 7. The van der Waals surface area contributed by atoms with Crippen LogP contribution in [0.5, 0.6) is 5.75 Å². The molecule has 0 heterocycles. The molecule has 1 fully saturated rings. The van der Waals surface area contributed by atoms with Crippen molar-refractivity contribution >= 4 is 11.6 Å². The molecule has 0 spiro atoms. The number of hydrogen-bond acceptors (Lipinski definition) is 3. The quantitative estimate of drug-likeness (QED) is 0.752. The van der Waals surface area contributed by atoms with Crippen molar-refractivity contribution in [2.75, 3.05) is 20.1 Å². The van der Waals surface area contributed by atoms with E-state index in [1.807, 2.05) is 12.1 Å². The van der Waals surface area contributed by atoms with Crippen molar-refractivity contribution in [1.29, 1.82) is 0 Å². The molecule has 0 aliphatic heterocycles. The lowest BCUT2D eigenvalue weighted by Crippen LogP contribution is -2.35. The molecular weight excluding hydrogens is 284 g/mol. The van der Waals surface area contributed by atoms with Gasteiger partial charge in [-0.05, 0) is 57.1 Å². The number of nitrogens with one attached hydrogen (secondary N) is 1. The summed E-state index contributed by atoms with van der Waals surface area (Å²) in [5, 5.41) is 13.2. The van der Waals surface area contributed by atoms with Gasteiger partial charge < -0.3 is 15.3 Å². The zero-order chi connectivity index (χ0) is 15.1. The van der Waals surface area contributed by atoms with E-state index in [2.05, 4.69) is 17.3 Å². The fourth-order valence-electron chi connectivity index (χ4n) is 3.05. The third kappa shape index (κ3) is 5.50. The summed E-state index contributed by atoms with van der Waals surface area (Å²) in [7, 11) is 2.26. The van der Waals surface area contributed by atoms with Crippen LogP contribution in [0.15, 0.2) is 18.2 Å². The molecule has 1 aliphatic carbocycles. The number of hydrogen-bond donors (Lipinski definition) is 2. The van der Waals surface area contributed by atoms with Gasteiger partial charge in [-0.1, -0.05) is 36.9 Å². The lowest BCUT2D eigenvalue weighted by Gasteiger charge is -2.31. The van der Waals surface area contributed by atoms with Crippen molar-refractivity contribution in [3.05, 3.63) is 28.8 Å². The van der Waals surface area contributed by atoms with Crippen LogP contribution in [0.2, 0.25) is 5.02 Å². The summed E-state index contributed by atoms with van der Waals surface area (Å²) in [6.07, 6.45) is 8.12. The number of phenolic OH excluding ortho intramolecular Hbond substituents is 1. The smallest absolute Gasteiger partial charge is 0.134 e. The highest BCUT2D eigenvalue weighted by molar-refractivity contribution is 6.32. The fourth-order valence-corrected chi connectivity index (χ4v) is 3.25. The molecule has 0 atom stereocenters. The van der Waals surface area contributed by atoms with Gasteiger partial charge in [0.1, 0.15) is 5.75 Å². The van der Waals surface area contributed by atoms with E-state index in [0.717, 1.165) is 31.2 Å². The second kappa shape index (κ2) is 8.62. The van der Waals surface area contributed by atoms with E-state index in [9.17, 15) is 5.11 Å². The van der Waals surface area contributed by atoms with Gasteiger partial charge in [0.05, 0.1) is 5.02 Å². The first-order chi connectivity index (χ1) is 10.2. The summed E-state index contributed by atoms with van der Waals surface area (Å²) in [5.74, 6) is 0.148. The van der Waals surface area contributed by atoms with Gasteiger partial charge in [0.2, 0.25) is 0 Å². The topological polar surface area (TPSA) is 35.5 Å². The van der Waals surface area contributed by atoms with Crippen LogP contribution in [0.4, 0.5) is 0 Å². The highest BCUT2D eigenvalue weighted by Crippen LogP contribution is 2.23. The highest BCUT2D eigenvalue weighted by atomic mass is 35.5. The summed E-state index contributed by atoms with van der Waals surface area (Å²) in [6, 6.07) is 6.17. The molecule has 0 bridgehead atoms. The highest BCUT2D eigenvalue weighted by Gasteiger charge is 2.17. The number of aromatic hydroxyl groups is 1. The first-order valence-corrected chi connectivity index (χ1v) is 8.43. The van der Waals surface area contributed by atoms with Gasteiger partial charge in [0, 0.05) is 12.6 Å². The predicted octanol–water partition coefficient (Wildman–Crippen LogP) is 3.79. The van der Waals surface area contributed by atoms with E-state index in [0.29, 0.717) is 5.02 Å². The molecule has 1 saturated carbocycles. The van der Waals surface area contributed by atoms with Gasteiger partial charge in [0.25, 0.3) is 0 Å². The maximum absolute atomic E-state index is 9.38. The average Bonchev–Trinajstić information content (AvgIpc) is 2.51. The summed E-state index contributed by atoms with van der Waals surface area (Å²) < 4.78 is 0. The molecule has 1 aliphatic rings. The first-order valence-electron chi connectivity index (χ1n) is 8.05. The van der Waals surface area contributed by atoms with Crippen molar-refractivity contribution < 1.29 is 5.11 Å². The Hall–Kier alpha value is -0.770. The Morgan fingerprint density at radius 1 is 1.29 bits per heavy atom. The number of nitrogens with zero attached hydrogens (tertiary/aromatic N) is 1. The van der Waals surface area contributed by atoms with Crippen LogP contribution in [-0.4, -0.2) is 36.2 Å². The summed E-state index contributed by atoms with van der Waals surface area (Å²) in [4.78, 5) is 2.53. The van der Waals surface area contributed by atoms with Crippen molar-refractivity contribution in [3.63, 3.8) is 0 Å². The average molecular weight is 311 g/mol. The zero-order valence-corrected chi connectivity index (χ0v) is 13.7. The summed E-state index contributed by atoms with van der Waals surface area (Å²) >= 11 is 5.90. The van der Waals surface area contributed by atoms with Crippen LogP contribution in [0.25, 0.3) is 0 Å². The normalized spacial score (nSPS) is 16.5. The number of benzene rings is 1. The lowest BCUT2D eigenvalue weighted by atomic mass is 9.94. The standard InChI is InChI=1S/C17H27ClN2O/c1-20(15-6-3-2-4-7-15)11-5-10-19-13-14-8-9-17(21)16(18)12-14/h8-9,12,15,19,21H,2-7,10-11,13H2,1H3. The Bertz CT molecular complexity index is 433. The lowest BCUT2D eigenvalue weighted by molar-refractivity contribution is 0.189. The molecule has 2 rings (SSSR count). The third-order valence-corrected chi connectivity index (χ3v) is 4.71. The third-order valence-electron chi connectivity index (χ3n) is 4.40. The molecular formula is C17H27ClN2O. The molecule has 21 heavy (non-hydrogen) atoms. The van der Waals surface area contributed by atoms with Crippen LogP contribution < -0.4 is 5.32 Å². The molecule has 0 unspecified atom stereocenters. The molecule has 118 valence electrons. The van der Waals surface area contributed by atoms with Crippen LogP contribution in [-0.2, 0) is 6.54 Å². The van der Waals surface area contributed by atoms with Crippen LogP contribution in [0, 0.1) is 0 Å². The molecule has 0 amide bonds. The van der Waals surface area contributed by atoms with Crippen LogP contribution in [0.3, 0.4) is 0 Å². The summed E-state index contributed by atoms with van der Waals surface area (Å²) in [5.41, 5.74) is 1.11. The zero-order valence-electron chi connectivity index (χ0n) is 12.9. The second-order valence-electron chi connectivity index (χ2n) is 6.09. The van der Waals surface area contributed by atoms with E-state index >= 15 is 0 Å². The molecule has 0 saturated heterocycles. The van der Waals surface area contributed by atoms with Crippen molar-refractivity contribution in [2.24, 2.45) is 0 Å². The van der Waals surface area contributed by atoms with Gasteiger partial charge in [-0.2, -0.15) is 0 Å². The van der Waals surface area contributed by atoms with Crippen molar-refractivity contribution in [3.8, 4) is 5.75 Å². The summed E-state index contributed by atoms with van der Waals surface area (Å²) in [6.45, 7) is 2.97. The van der Waals surface area contributed by atoms with Gasteiger partial charge in [-0.25, -0.2) is 0 Å². The van der Waals surface area contributed by atoms with E-state index in [1.54, 1.807) is 6.07 Å². The molecule has 4 heteroatoms. The maximum atomic E-state index is 9.38. The van der Waals surface area contributed by atoms with E-state index < -0.39 is 0 Å². The van der Waals surface area contributed by atoms with Crippen molar-refractivity contribution in [2.45, 2.75) is 51.1 Å². The Kier molecular flexibility index (Phi) is 6.81. The van der Waals surface area contributed by atoms with Gasteiger partial charge in [0.15, 0.2) is 0 Å². The van der Waals surface area contributed by atoms with E-state index in [1.165, 1.54) is 38.5 Å². The van der Waals surface area contributed by atoms with Gasteiger partial charge in [-0.15, -0.1) is 0 Å². The Morgan fingerprint density at radius 2 is 2.05 bits per heavy atom. The minimum atomic E-state index is 0.148. The second-order valence-corrected chi connectivity index (χ2v) is 6.50. The minimum absolute atomic E-state index is 0.148. The van der Waals surface area contributed by atoms with Gasteiger partial charge >= 0.3 is 0 Å². The van der Waals surface area contributed by atoms with Crippen molar-refractivity contribution in [1.82, 2.24) is 10.2 Å². The Morgan fingerprint density at radius 3 is 2.76 bits per heavy atom. The van der Waals surface area contributed by atoms with E-state index in [4.69, 9.17) is 11.6 Å². The van der Waals surface area contributed by atoms with Crippen LogP contribution >= 0.6 is 11.6 Å². The molecule has 0 radical (unpaired) electrons. The molecule has 2 N–H and O–H groups in total. The molecule has 0 aromatic heterocycles. The number of halogens is 1. The SMILES string of the molecule is CN(CCCNCc1ccc(O)c(Cl)c1)C1CCCCC1. The molecule has 1 aromatic carbocycles. The molecule has 1 aromatic rings. The largest absolute Gasteiger partial charge is 0.506 e. The maximum Gasteiger partial charge on any atom is 0.134 e. The minimum Gasteiger partial charge on any atom is -0.506 e. The first kappa shape index (κ1) is 16.6. The number of phenols is 1. The predicted molar refractivity (Wildman–Crippen MR) is 88.9 cm³/mol. The monoisotopic (exact) mass is 310 g/mol. The van der Waals surface area contributed by atoms with Gasteiger partial charge in [-0.3, -0.25) is 0 Å². The van der Waals surface area contributed by atoms with E-state index in [-0.39, 0.29) is 5.75 Å². The Labute approximate surface area is 133 Å². The molecule has 3 nitrogen and oxygen atoms in total.